The highest BCUT2D eigenvalue weighted by Gasteiger charge is 2.31. The molecule has 0 saturated carbocycles. The Labute approximate surface area is 141 Å². The smallest absolute Gasteiger partial charge is 0.226 e. The fraction of sp³-hybridized carbons (Fsp3) is 0.789. The highest BCUT2D eigenvalue weighted by atomic mass is 16.2. The first kappa shape index (κ1) is 19.7. The third-order valence-electron chi connectivity index (χ3n) is 4.71. The molecule has 1 heterocycles. The van der Waals surface area contributed by atoms with Gasteiger partial charge in [-0.3, -0.25) is 4.79 Å². The number of rotatable bonds is 13. The average Bonchev–Trinajstić information content (AvgIpc) is 3.07. The van der Waals surface area contributed by atoms with Gasteiger partial charge < -0.3 is 10.3 Å². The number of aromatic nitrogens is 2. The number of unbranched alkanes of at least 4 members (excludes halogenated alkanes) is 6. The molecule has 2 N–H and O–H groups in total. The SMILES string of the molecule is CCCCCCC(C)(CCCCCC)C(=O)NCc1cnc[nH]1. The third kappa shape index (κ3) is 7.67. The zero-order valence-corrected chi connectivity index (χ0v) is 15.3. The van der Waals surface area contributed by atoms with E-state index in [1.54, 1.807) is 12.5 Å². The lowest BCUT2D eigenvalue weighted by Crippen LogP contribution is -2.38. The van der Waals surface area contributed by atoms with Crippen LogP contribution in [0.1, 0.15) is 90.7 Å². The summed E-state index contributed by atoms with van der Waals surface area (Å²) in [5, 5.41) is 3.10. The van der Waals surface area contributed by atoms with Gasteiger partial charge in [0.05, 0.1) is 18.6 Å². The van der Waals surface area contributed by atoms with Crippen LogP contribution in [0.2, 0.25) is 0 Å². The summed E-state index contributed by atoms with van der Waals surface area (Å²) < 4.78 is 0. The molecule has 0 saturated heterocycles. The molecular formula is C19H35N3O. The van der Waals surface area contributed by atoms with Crippen molar-refractivity contribution in [2.75, 3.05) is 0 Å². The summed E-state index contributed by atoms with van der Waals surface area (Å²) in [6, 6.07) is 0. The van der Waals surface area contributed by atoms with E-state index in [1.165, 1.54) is 38.5 Å². The topological polar surface area (TPSA) is 57.8 Å². The quantitative estimate of drug-likeness (QED) is 0.504. The molecule has 0 atom stereocenters. The first-order valence-corrected chi connectivity index (χ1v) is 9.38. The van der Waals surface area contributed by atoms with Crippen molar-refractivity contribution in [3.8, 4) is 0 Å². The number of nitrogens with zero attached hydrogens (tertiary/aromatic N) is 1. The summed E-state index contributed by atoms with van der Waals surface area (Å²) >= 11 is 0. The zero-order valence-electron chi connectivity index (χ0n) is 15.3. The van der Waals surface area contributed by atoms with Crippen molar-refractivity contribution >= 4 is 5.91 Å². The number of nitrogens with one attached hydrogen (secondary N) is 2. The zero-order chi connectivity index (χ0) is 17.0. The Morgan fingerprint density at radius 1 is 1.09 bits per heavy atom. The Bertz CT molecular complexity index is 402. The first-order valence-electron chi connectivity index (χ1n) is 9.38. The first-order chi connectivity index (χ1) is 11.1. The molecule has 1 rings (SSSR count). The number of amides is 1. The maximum atomic E-state index is 12.7. The van der Waals surface area contributed by atoms with E-state index in [9.17, 15) is 4.79 Å². The molecule has 0 unspecified atom stereocenters. The molecule has 0 radical (unpaired) electrons. The minimum atomic E-state index is -0.235. The Hall–Kier alpha value is -1.32. The van der Waals surface area contributed by atoms with Gasteiger partial charge in [0.1, 0.15) is 0 Å². The van der Waals surface area contributed by atoms with Crippen LogP contribution < -0.4 is 5.32 Å². The van der Waals surface area contributed by atoms with Crippen molar-refractivity contribution in [2.24, 2.45) is 5.41 Å². The van der Waals surface area contributed by atoms with E-state index in [1.807, 2.05) is 0 Å². The Kier molecular flexibility index (Phi) is 9.65. The molecule has 4 nitrogen and oxygen atoms in total. The molecule has 132 valence electrons. The molecule has 0 aliphatic heterocycles. The molecule has 1 amide bonds. The summed E-state index contributed by atoms with van der Waals surface area (Å²) in [6.45, 7) is 7.13. The fourth-order valence-corrected chi connectivity index (χ4v) is 3.01. The molecule has 0 bridgehead atoms. The van der Waals surface area contributed by atoms with Crippen LogP contribution >= 0.6 is 0 Å². The van der Waals surface area contributed by atoms with Gasteiger partial charge in [0.2, 0.25) is 5.91 Å². The van der Waals surface area contributed by atoms with E-state index >= 15 is 0 Å². The average molecular weight is 322 g/mol. The molecule has 0 aliphatic carbocycles. The molecule has 1 aromatic heterocycles. The van der Waals surface area contributed by atoms with Crippen molar-refractivity contribution in [3.05, 3.63) is 18.2 Å². The monoisotopic (exact) mass is 321 g/mol. The van der Waals surface area contributed by atoms with Crippen LogP contribution in [0, 0.1) is 5.41 Å². The maximum absolute atomic E-state index is 12.7. The lowest BCUT2D eigenvalue weighted by molar-refractivity contribution is -0.131. The van der Waals surface area contributed by atoms with Gasteiger partial charge in [-0.15, -0.1) is 0 Å². The minimum Gasteiger partial charge on any atom is -0.350 e. The van der Waals surface area contributed by atoms with Gasteiger partial charge in [-0.1, -0.05) is 72.1 Å². The predicted molar refractivity (Wildman–Crippen MR) is 96.1 cm³/mol. The lowest BCUT2D eigenvalue weighted by atomic mass is 9.78. The summed E-state index contributed by atoms with van der Waals surface area (Å²) in [7, 11) is 0. The number of aromatic amines is 1. The second kappa shape index (κ2) is 11.3. The molecule has 0 fully saturated rings. The summed E-state index contributed by atoms with van der Waals surface area (Å²) in [5.74, 6) is 0.195. The highest BCUT2D eigenvalue weighted by molar-refractivity contribution is 5.82. The van der Waals surface area contributed by atoms with Crippen molar-refractivity contribution < 1.29 is 4.79 Å². The lowest BCUT2D eigenvalue weighted by Gasteiger charge is -2.28. The van der Waals surface area contributed by atoms with Crippen molar-refractivity contribution in [2.45, 2.75) is 91.5 Å². The Balaban J connectivity index is 2.50. The molecule has 1 aromatic rings. The number of hydrogen-bond acceptors (Lipinski definition) is 2. The standard InChI is InChI=1S/C19H35N3O/c1-4-6-8-10-12-19(3,13-11-9-7-5-2)18(23)21-15-17-14-20-16-22-17/h14,16H,4-13,15H2,1-3H3,(H,20,22)(H,21,23). The highest BCUT2D eigenvalue weighted by Crippen LogP contribution is 2.31. The number of H-pyrrole nitrogens is 1. The van der Waals surface area contributed by atoms with E-state index in [4.69, 9.17) is 0 Å². The number of imidazole rings is 1. The van der Waals surface area contributed by atoms with Gasteiger partial charge in [0.25, 0.3) is 0 Å². The third-order valence-corrected chi connectivity index (χ3v) is 4.71. The number of carbonyl (C=O) groups is 1. The van der Waals surface area contributed by atoms with Crippen LogP contribution in [0.3, 0.4) is 0 Å². The van der Waals surface area contributed by atoms with Gasteiger partial charge in [-0.25, -0.2) is 4.98 Å². The van der Waals surface area contributed by atoms with Crippen molar-refractivity contribution in [1.29, 1.82) is 0 Å². The fourth-order valence-electron chi connectivity index (χ4n) is 3.01. The molecular weight excluding hydrogens is 286 g/mol. The van der Waals surface area contributed by atoms with Gasteiger partial charge in [0.15, 0.2) is 0 Å². The predicted octanol–water partition coefficient (Wildman–Crippen LogP) is 4.97. The molecule has 4 heteroatoms. The molecule has 0 aliphatic rings. The van der Waals surface area contributed by atoms with E-state index in [0.29, 0.717) is 6.54 Å². The minimum absolute atomic E-state index is 0.195. The molecule has 23 heavy (non-hydrogen) atoms. The van der Waals surface area contributed by atoms with Gasteiger partial charge in [0, 0.05) is 11.6 Å². The van der Waals surface area contributed by atoms with Crippen LogP contribution in [0.5, 0.6) is 0 Å². The molecule has 0 spiro atoms. The van der Waals surface area contributed by atoms with E-state index in [-0.39, 0.29) is 11.3 Å². The van der Waals surface area contributed by atoms with Crippen LogP contribution in [0.25, 0.3) is 0 Å². The number of hydrogen-bond donors (Lipinski definition) is 2. The van der Waals surface area contributed by atoms with Gasteiger partial charge >= 0.3 is 0 Å². The Morgan fingerprint density at radius 3 is 2.17 bits per heavy atom. The van der Waals surface area contributed by atoms with Crippen LogP contribution in [-0.4, -0.2) is 15.9 Å². The van der Waals surface area contributed by atoms with Gasteiger partial charge in [-0.2, -0.15) is 0 Å². The van der Waals surface area contributed by atoms with Crippen molar-refractivity contribution in [3.63, 3.8) is 0 Å². The van der Waals surface area contributed by atoms with Gasteiger partial charge in [-0.05, 0) is 12.8 Å². The normalized spacial score (nSPS) is 11.6. The second-order valence-electron chi connectivity index (χ2n) is 6.94. The largest absolute Gasteiger partial charge is 0.350 e. The van der Waals surface area contributed by atoms with Crippen LogP contribution in [0.15, 0.2) is 12.5 Å². The van der Waals surface area contributed by atoms with Crippen LogP contribution in [-0.2, 0) is 11.3 Å². The van der Waals surface area contributed by atoms with Crippen molar-refractivity contribution in [1.82, 2.24) is 15.3 Å². The van der Waals surface area contributed by atoms with Crippen LogP contribution in [0.4, 0.5) is 0 Å². The number of carbonyl (C=O) groups excluding carboxylic acids is 1. The summed E-state index contributed by atoms with van der Waals surface area (Å²) in [6.07, 6.45) is 15.2. The van der Waals surface area contributed by atoms with E-state index in [2.05, 4.69) is 36.1 Å². The Morgan fingerprint density at radius 2 is 1.70 bits per heavy atom. The van der Waals surface area contributed by atoms with E-state index < -0.39 is 0 Å². The second-order valence-corrected chi connectivity index (χ2v) is 6.94. The molecule has 0 aromatic carbocycles. The summed E-state index contributed by atoms with van der Waals surface area (Å²) in [4.78, 5) is 19.8. The van der Waals surface area contributed by atoms with E-state index in [0.717, 1.165) is 31.4 Å². The summed E-state index contributed by atoms with van der Waals surface area (Å²) in [5.41, 5.74) is 0.722. The maximum Gasteiger partial charge on any atom is 0.226 e.